The predicted molar refractivity (Wildman–Crippen MR) is 125 cm³/mol. The number of nitrogens with one attached hydrogen (secondary N) is 1. The smallest absolute Gasteiger partial charge is 0.252 e. The third kappa shape index (κ3) is 4.22. The molecule has 0 bridgehead atoms. The molecule has 1 N–H and O–H groups in total. The fourth-order valence-corrected chi connectivity index (χ4v) is 5.31. The maximum absolute atomic E-state index is 13.6. The molecule has 1 aliphatic heterocycles. The number of aryl methyl sites for hydroxylation is 1. The number of fused-ring (bicyclic) bond motifs is 2. The number of sulfonamides is 1. The molecular weight excluding hydrogens is 440 g/mol. The monoisotopic (exact) mass is 462 g/mol. The Labute approximate surface area is 191 Å². The van der Waals surface area contributed by atoms with E-state index < -0.39 is 10.0 Å². The lowest BCUT2D eigenvalue weighted by Crippen LogP contribution is -2.32. The minimum atomic E-state index is -3.88. The van der Waals surface area contributed by atoms with Gasteiger partial charge >= 0.3 is 0 Å². The summed E-state index contributed by atoms with van der Waals surface area (Å²) in [4.78, 5) is 15.9. The average molecular weight is 463 g/mol. The molecular formula is C25H22N2O5S. The quantitative estimate of drug-likeness (QED) is 0.469. The number of H-pyrrole nitrogens is 1. The number of aromatic nitrogens is 1. The Hall–Kier alpha value is -3.62. The first kappa shape index (κ1) is 21.2. The fourth-order valence-electron chi connectivity index (χ4n) is 3.88. The van der Waals surface area contributed by atoms with Crippen LogP contribution >= 0.6 is 0 Å². The van der Waals surface area contributed by atoms with Crippen molar-refractivity contribution in [3.05, 3.63) is 99.8 Å². The normalized spacial score (nSPS) is 13.0. The van der Waals surface area contributed by atoms with Gasteiger partial charge in [0.1, 0.15) is 0 Å². The molecule has 168 valence electrons. The van der Waals surface area contributed by atoms with Gasteiger partial charge in [0.05, 0.1) is 4.90 Å². The Morgan fingerprint density at radius 2 is 1.70 bits per heavy atom. The highest BCUT2D eigenvalue weighted by molar-refractivity contribution is 7.89. The van der Waals surface area contributed by atoms with E-state index >= 15 is 0 Å². The van der Waals surface area contributed by atoms with Crippen molar-refractivity contribution in [1.82, 2.24) is 9.29 Å². The van der Waals surface area contributed by atoms with E-state index in [2.05, 4.69) is 4.98 Å². The van der Waals surface area contributed by atoms with Crippen LogP contribution in [-0.4, -0.2) is 24.5 Å². The summed E-state index contributed by atoms with van der Waals surface area (Å²) in [5, 5.41) is 0.843. The molecule has 0 aliphatic carbocycles. The molecule has 5 rings (SSSR count). The van der Waals surface area contributed by atoms with E-state index in [9.17, 15) is 13.2 Å². The largest absolute Gasteiger partial charge is 0.454 e. The zero-order valence-electron chi connectivity index (χ0n) is 17.9. The Bertz CT molecular complexity index is 1500. The summed E-state index contributed by atoms with van der Waals surface area (Å²) in [5.74, 6) is 1.20. The number of ether oxygens (including phenoxy) is 2. The van der Waals surface area contributed by atoms with Crippen LogP contribution in [0.15, 0.2) is 82.5 Å². The predicted octanol–water partition coefficient (Wildman–Crippen LogP) is 3.96. The SMILES string of the molecule is Cc1ccc2cc(CN(Cc3ccc4c(c3)OCO4)S(=O)(=O)c3ccccc3)c(=O)[nH]c2c1. The molecule has 4 aromatic rings. The van der Waals surface area contributed by atoms with E-state index in [1.165, 1.54) is 4.31 Å². The van der Waals surface area contributed by atoms with Crippen LogP contribution in [0.1, 0.15) is 16.7 Å². The van der Waals surface area contributed by atoms with Gasteiger partial charge < -0.3 is 14.5 Å². The first-order chi connectivity index (χ1) is 15.9. The Balaban J connectivity index is 1.55. The summed E-state index contributed by atoms with van der Waals surface area (Å²) >= 11 is 0. The van der Waals surface area contributed by atoms with Gasteiger partial charge in [0.2, 0.25) is 16.8 Å². The topological polar surface area (TPSA) is 88.7 Å². The molecule has 0 saturated heterocycles. The van der Waals surface area contributed by atoms with E-state index in [0.717, 1.165) is 22.0 Å². The highest BCUT2D eigenvalue weighted by atomic mass is 32.2. The van der Waals surface area contributed by atoms with Gasteiger partial charge in [0.15, 0.2) is 11.5 Å². The first-order valence-corrected chi connectivity index (χ1v) is 11.9. The van der Waals surface area contributed by atoms with E-state index in [1.807, 2.05) is 25.1 Å². The number of hydrogen-bond donors (Lipinski definition) is 1. The first-order valence-electron chi connectivity index (χ1n) is 10.5. The number of aromatic amines is 1. The molecule has 7 nitrogen and oxygen atoms in total. The van der Waals surface area contributed by atoms with Gasteiger partial charge in [-0.3, -0.25) is 4.79 Å². The van der Waals surface area contributed by atoms with Crippen molar-refractivity contribution in [2.24, 2.45) is 0 Å². The summed E-state index contributed by atoms with van der Waals surface area (Å²) in [7, 11) is -3.88. The van der Waals surface area contributed by atoms with Crippen molar-refractivity contribution < 1.29 is 17.9 Å². The van der Waals surface area contributed by atoms with Crippen LogP contribution < -0.4 is 15.0 Å². The highest BCUT2D eigenvalue weighted by Crippen LogP contribution is 2.33. The minimum absolute atomic E-state index is 0.0687. The third-order valence-corrected chi connectivity index (χ3v) is 7.41. The summed E-state index contributed by atoms with van der Waals surface area (Å²) in [6.45, 7) is 2.08. The van der Waals surface area contributed by atoms with Crippen molar-refractivity contribution in [3.63, 3.8) is 0 Å². The van der Waals surface area contributed by atoms with Gasteiger partial charge in [-0.05, 0) is 59.8 Å². The lowest BCUT2D eigenvalue weighted by Gasteiger charge is -2.22. The van der Waals surface area contributed by atoms with E-state index in [1.54, 1.807) is 54.6 Å². The number of rotatable bonds is 6. The van der Waals surface area contributed by atoms with Crippen LogP contribution in [0.25, 0.3) is 10.9 Å². The summed E-state index contributed by atoms with van der Waals surface area (Å²) in [5.41, 5.74) is 2.53. The molecule has 8 heteroatoms. The van der Waals surface area contributed by atoms with Gasteiger partial charge in [-0.15, -0.1) is 0 Å². The second-order valence-electron chi connectivity index (χ2n) is 7.99. The average Bonchev–Trinajstić information content (AvgIpc) is 3.27. The van der Waals surface area contributed by atoms with Gasteiger partial charge in [-0.2, -0.15) is 4.31 Å². The van der Waals surface area contributed by atoms with Crippen molar-refractivity contribution in [2.75, 3.05) is 6.79 Å². The molecule has 3 aromatic carbocycles. The van der Waals surface area contributed by atoms with Crippen molar-refractivity contribution in [1.29, 1.82) is 0 Å². The standard InChI is InChI=1S/C25H22N2O5S/c1-17-7-9-19-13-20(25(28)26-22(19)11-17)15-27(33(29,30)21-5-3-2-4-6-21)14-18-8-10-23-24(12-18)32-16-31-23/h2-13H,14-16H2,1H3,(H,26,28). The molecule has 2 heterocycles. The van der Waals surface area contributed by atoms with E-state index in [4.69, 9.17) is 9.47 Å². The van der Waals surface area contributed by atoms with Crippen LogP contribution in [0, 0.1) is 6.92 Å². The molecule has 0 unspecified atom stereocenters. The number of hydrogen-bond acceptors (Lipinski definition) is 5. The minimum Gasteiger partial charge on any atom is -0.454 e. The van der Waals surface area contributed by atoms with Crippen molar-refractivity contribution in [3.8, 4) is 11.5 Å². The highest BCUT2D eigenvalue weighted by Gasteiger charge is 2.26. The number of pyridine rings is 1. The third-order valence-electron chi connectivity index (χ3n) is 5.60. The number of nitrogens with zero attached hydrogens (tertiary/aromatic N) is 1. The molecule has 0 atom stereocenters. The van der Waals surface area contributed by atoms with Gasteiger partial charge in [-0.25, -0.2) is 8.42 Å². The Morgan fingerprint density at radius 3 is 2.52 bits per heavy atom. The van der Waals surface area contributed by atoms with Crippen LogP contribution in [0.2, 0.25) is 0 Å². The van der Waals surface area contributed by atoms with Crippen molar-refractivity contribution in [2.45, 2.75) is 24.9 Å². The van der Waals surface area contributed by atoms with Crippen LogP contribution in [0.3, 0.4) is 0 Å². The van der Waals surface area contributed by atoms with Crippen LogP contribution in [-0.2, 0) is 23.1 Å². The molecule has 0 saturated carbocycles. The maximum atomic E-state index is 13.6. The second kappa shape index (κ2) is 8.38. The van der Waals surface area contributed by atoms with Gasteiger partial charge in [-0.1, -0.05) is 36.4 Å². The Morgan fingerprint density at radius 1 is 0.909 bits per heavy atom. The molecule has 33 heavy (non-hydrogen) atoms. The van der Waals surface area contributed by atoms with Crippen LogP contribution in [0.5, 0.6) is 11.5 Å². The van der Waals surface area contributed by atoms with Crippen molar-refractivity contribution >= 4 is 20.9 Å². The zero-order chi connectivity index (χ0) is 23.0. The van der Waals surface area contributed by atoms with E-state index in [-0.39, 0.29) is 30.3 Å². The fraction of sp³-hybridized carbons (Fsp3) is 0.160. The lowest BCUT2D eigenvalue weighted by atomic mass is 10.1. The van der Waals surface area contributed by atoms with E-state index in [0.29, 0.717) is 17.1 Å². The Kier molecular flexibility index (Phi) is 5.39. The molecule has 0 spiro atoms. The summed E-state index contributed by atoms with van der Waals surface area (Å²) in [6.07, 6.45) is 0. The van der Waals surface area contributed by atoms with Gasteiger partial charge in [0.25, 0.3) is 5.56 Å². The zero-order valence-corrected chi connectivity index (χ0v) is 18.8. The molecule has 0 fully saturated rings. The molecule has 0 amide bonds. The molecule has 1 aliphatic rings. The second-order valence-corrected chi connectivity index (χ2v) is 9.93. The maximum Gasteiger partial charge on any atom is 0.252 e. The summed E-state index contributed by atoms with van der Waals surface area (Å²) < 4.78 is 39.2. The number of benzene rings is 3. The summed E-state index contributed by atoms with van der Waals surface area (Å²) in [6, 6.07) is 21.1. The lowest BCUT2D eigenvalue weighted by molar-refractivity contribution is 0.174. The molecule has 0 radical (unpaired) electrons. The van der Waals surface area contributed by atoms with Crippen LogP contribution in [0.4, 0.5) is 0 Å². The molecule has 1 aromatic heterocycles. The van der Waals surface area contributed by atoms with Gasteiger partial charge in [0, 0.05) is 24.2 Å².